The minimum atomic E-state index is -5.84. The Morgan fingerprint density at radius 2 is 0.878 bits per heavy atom. The third-order valence-corrected chi connectivity index (χ3v) is 6.01. The van der Waals surface area contributed by atoms with Crippen molar-refractivity contribution in [2.75, 3.05) is 64.0 Å². The molecular weight excluding hydrogens is 858 g/mol. The zero-order chi connectivity index (χ0) is 37.2. The van der Waals surface area contributed by atoms with Gasteiger partial charge in [-0.15, -0.1) is 15.9 Å². The van der Waals surface area contributed by atoms with E-state index in [-0.39, 0.29) is 142 Å². The predicted octanol–water partition coefficient (Wildman–Crippen LogP) is -0.0823. The number of piperazine rings is 2. The Morgan fingerprint density at radius 3 is 1.12 bits per heavy atom. The molecule has 0 radical (unpaired) electrons. The number of hydrogen-bond acceptors (Lipinski definition) is 6. The van der Waals surface area contributed by atoms with Gasteiger partial charge >= 0.3 is 154 Å². The van der Waals surface area contributed by atoms with Crippen LogP contribution in [0.5, 0.6) is 0 Å². The van der Waals surface area contributed by atoms with Crippen molar-refractivity contribution in [3.8, 4) is 0 Å². The summed E-state index contributed by atoms with van der Waals surface area (Å²) in [5, 5.41) is 1.94. The number of alkyl halides is 13. The fraction of sp³-hybridized carbons (Fsp3) is 0.889. The summed E-state index contributed by atoms with van der Waals surface area (Å²) in [7, 11) is 0. The first-order valence-corrected chi connectivity index (χ1v) is 13.6. The summed E-state index contributed by atoms with van der Waals surface area (Å²) in [5.74, 6) is 0. The van der Waals surface area contributed by atoms with E-state index in [1.54, 1.807) is 0 Å². The molecule has 2 amide bonds. The molecule has 2 aliphatic rings. The van der Waals surface area contributed by atoms with Gasteiger partial charge < -0.3 is 55.4 Å². The molecule has 0 spiro atoms. The van der Waals surface area contributed by atoms with Crippen LogP contribution in [0.3, 0.4) is 0 Å². The second kappa shape index (κ2) is 22.5. The maximum Gasteiger partial charge on any atom is 1.00 e. The van der Waals surface area contributed by atoms with E-state index in [9.17, 15) is 88.2 Å². The van der Waals surface area contributed by atoms with Crippen molar-refractivity contribution in [1.29, 1.82) is 0 Å². The van der Waals surface area contributed by atoms with Crippen molar-refractivity contribution >= 4 is 42.1 Å². The molecule has 0 aromatic heterocycles. The first kappa shape index (κ1) is 54.4. The summed E-state index contributed by atoms with van der Waals surface area (Å²) in [4.78, 5) is 24.7. The van der Waals surface area contributed by atoms with Gasteiger partial charge in [0.1, 0.15) is 0 Å². The van der Waals surface area contributed by atoms with Crippen LogP contribution in [0.2, 0.25) is 0 Å². The first-order chi connectivity index (χ1) is 20.9. The summed E-state index contributed by atoms with van der Waals surface area (Å²) in [6.45, 7) is -10.7. The Morgan fingerprint density at radius 1 is 0.592 bits per heavy atom. The van der Waals surface area contributed by atoms with Gasteiger partial charge in [-0.2, -0.15) is 52.7 Å². The van der Waals surface area contributed by atoms with E-state index in [2.05, 4.69) is 30.7 Å². The van der Waals surface area contributed by atoms with E-state index >= 15 is 0 Å². The third kappa shape index (κ3) is 24.2. The monoisotopic (exact) mass is 880 g/mol. The summed E-state index contributed by atoms with van der Waals surface area (Å²) in [5.41, 5.74) is 0. The molecule has 2 aliphatic heterocycles. The Kier molecular flexibility index (Phi) is 24.9. The van der Waals surface area contributed by atoms with E-state index in [1.165, 1.54) is 0 Å². The fourth-order valence-electron chi connectivity index (χ4n) is 3.24. The van der Waals surface area contributed by atoms with Gasteiger partial charge in [0.2, 0.25) is 0 Å². The number of nitrogens with one attached hydrogen (secondary N) is 1. The zero-order valence-electron chi connectivity index (χ0n) is 25.0. The first-order valence-electron chi connectivity index (χ1n) is 12.5. The van der Waals surface area contributed by atoms with Crippen LogP contribution in [0.4, 0.5) is 88.2 Å². The van der Waals surface area contributed by atoms with Crippen LogP contribution >= 0.6 is 15.9 Å². The molecule has 8 nitrogen and oxygen atoms in total. The molecule has 1 N–H and O–H groups in total. The second-order valence-corrected chi connectivity index (χ2v) is 9.94. The normalized spacial score (nSPS) is 16.8. The smallest absolute Gasteiger partial charge is 0.448 e. The maximum absolute atomic E-state index is 12.2. The number of ether oxygens (including phenoxy) is 2. The molecule has 31 heteroatoms. The molecule has 2 rings (SSSR count). The van der Waals surface area contributed by atoms with E-state index in [1.807, 2.05) is 0 Å². The van der Waals surface area contributed by atoms with E-state index in [0.717, 1.165) is 9.80 Å². The van der Waals surface area contributed by atoms with Gasteiger partial charge in [0.15, 0.2) is 0 Å². The number of nitrogens with zero attached hydrogens (tertiary/aromatic N) is 3. The van der Waals surface area contributed by atoms with Gasteiger partial charge in [-0.1, -0.05) is 0 Å². The SMILES string of the molecule is F[B-](F)(F)CBr.O=C(OC(C(F)(F)F)C(F)(F)F)N1CCN(C[B-](F)(F)F)CC1.O=C(OC(C(F)(F)F)C(F)(F)F)N1CCNCC1.[K+].[K+]. The number of amides is 2. The van der Waals surface area contributed by atoms with Crippen molar-refractivity contribution in [3.05, 3.63) is 0 Å². The van der Waals surface area contributed by atoms with Crippen LogP contribution in [0.15, 0.2) is 0 Å². The Hall–Kier alpha value is 1.08. The van der Waals surface area contributed by atoms with Crippen LogP contribution in [-0.2, 0) is 9.47 Å². The molecule has 2 saturated heterocycles. The topological polar surface area (TPSA) is 74.3 Å². The third-order valence-electron chi connectivity index (χ3n) is 5.27. The number of hydrogen-bond donors (Lipinski definition) is 1. The minimum Gasteiger partial charge on any atom is -0.448 e. The molecule has 0 bridgehead atoms. The molecule has 49 heavy (non-hydrogen) atoms. The Labute approximate surface area is 359 Å². The molecule has 0 saturated carbocycles. The molecule has 0 atom stereocenters. The summed E-state index contributed by atoms with van der Waals surface area (Å²) in [6, 6.07) is 0. The van der Waals surface area contributed by atoms with Crippen LogP contribution < -0.4 is 108 Å². The van der Waals surface area contributed by atoms with Crippen molar-refractivity contribution in [1.82, 2.24) is 20.0 Å². The average Bonchev–Trinajstić information content (AvgIpc) is 2.88. The molecule has 0 aliphatic carbocycles. The molecule has 0 aromatic rings. The van der Waals surface area contributed by atoms with Gasteiger partial charge in [0.25, 0.3) is 12.2 Å². The number of carbonyl (C=O) groups excluding carboxylic acids is 2. The quantitative estimate of drug-likeness (QED) is 0.237. The number of carbonyl (C=O) groups is 2. The van der Waals surface area contributed by atoms with Crippen molar-refractivity contribution < 1.29 is 200 Å². The zero-order valence-corrected chi connectivity index (χ0v) is 32.9. The average molecular weight is 881 g/mol. The van der Waals surface area contributed by atoms with Crippen molar-refractivity contribution in [3.63, 3.8) is 0 Å². The van der Waals surface area contributed by atoms with Gasteiger partial charge in [-0.05, 0) is 11.7 Å². The van der Waals surface area contributed by atoms with Crippen LogP contribution in [0.1, 0.15) is 0 Å². The molecule has 2 heterocycles. The number of halogens is 19. The molecule has 2 fully saturated rings. The van der Waals surface area contributed by atoms with Crippen molar-refractivity contribution in [2.24, 2.45) is 0 Å². The Bertz CT molecular complexity index is 948. The standard InChI is InChI=1S/C9H11BF9N2O2.C8H10F6N2O2.CH2BBrF3.2K/c11-8(12,13)6(9(14,15)16)23-7(22)21-3-1-20(2-4-21)5-10(17,18)19;9-7(10,11)5(8(12,13)14)18-6(17)16-3-1-15-2-4-16;3-1-2(4,5)6;;/h6H,1-5H2;5,15H,1-4H2;1H2;;/q-1;;-1;2*+1. The van der Waals surface area contributed by atoms with Gasteiger partial charge in [0.05, 0.1) is 0 Å². The van der Waals surface area contributed by atoms with Crippen LogP contribution in [0, 0.1) is 0 Å². The molecule has 280 valence electrons. The van der Waals surface area contributed by atoms with Gasteiger partial charge in [-0.25, -0.2) is 9.59 Å². The summed E-state index contributed by atoms with van der Waals surface area (Å²) < 4.78 is 222. The van der Waals surface area contributed by atoms with Crippen LogP contribution in [-0.4, -0.2) is 142 Å². The maximum atomic E-state index is 12.2. The van der Waals surface area contributed by atoms with Crippen molar-refractivity contribution in [2.45, 2.75) is 36.9 Å². The largest absolute Gasteiger partial charge is 1.00 e. The number of rotatable bonds is 5. The van der Waals surface area contributed by atoms with E-state index < -0.39 is 87.8 Å². The second-order valence-electron chi connectivity index (χ2n) is 9.29. The van der Waals surface area contributed by atoms with Crippen LogP contribution in [0.25, 0.3) is 0 Å². The summed E-state index contributed by atoms with van der Waals surface area (Å²) in [6.07, 6.45) is -36.1. The molecule has 0 unspecified atom stereocenters. The van der Waals surface area contributed by atoms with Gasteiger partial charge in [0, 0.05) is 52.4 Å². The fourth-order valence-corrected chi connectivity index (χ4v) is 3.24. The van der Waals surface area contributed by atoms with E-state index in [0.29, 0.717) is 4.90 Å². The molecule has 0 aromatic carbocycles. The minimum absolute atomic E-state index is 0. The predicted molar refractivity (Wildman–Crippen MR) is 129 cm³/mol. The van der Waals surface area contributed by atoms with E-state index in [4.69, 9.17) is 0 Å². The van der Waals surface area contributed by atoms with Gasteiger partial charge in [-0.3, -0.25) is 0 Å². The molecular formula is C18H23B2BrF18K2N4O4. The Balaban J connectivity index is -0.000000728. The summed E-state index contributed by atoms with van der Waals surface area (Å²) >= 11 is 2.27.